The van der Waals surface area contributed by atoms with Crippen LogP contribution in [-0.2, 0) is 0 Å². The molecule has 5 heteroatoms. The van der Waals surface area contributed by atoms with Gasteiger partial charge in [-0.3, -0.25) is 0 Å². The monoisotopic (exact) mass is 204 g/mol. The van der Waals surface area contributed by atoms with Gasteiger partial charge in [0, 0.05) is 0 Å². The summed E-state index contributed by atoms with van der Waals surface area (Å²) in [6, 6.07) is 0. The Morgan fingerprint density at radius 1 is 0.846 bits per heavy atom. The van der Waals surface area contributed by atoms with Crippen molar-refractivity contribution in [1.29, 1.82) is 0 Å². The molecule has 0 aliphatic heterocycles. The van der Waals surface area contributed by atoms with E-state index in [-0.39, 0.29) is 12.3 Å². The largest absolute Gasteiger partial charge is 0.379 e. The van der Waals surface area contributed by atoms with Gasteiger partial charge < -0.3 is 12.3 Å². The van der Waals surface area contributed by atoms with Crippen LogP contribution in [0.5, 0.6) is 0 Å². The van der Waals surface area contributed by atoms with Gasteiger partial charge in [0.2, 0.25) is 0 Å². The standard InChI is InChI=1S/C7H16.CHF3.2H3N/c1-6(2)7(3,4)5;2-1(3)4;;/h6H,1-5H3;1H;2*1H3. The van der Waals surface area contributed by atoms with Crippen molar-refractivity contribution in [2.45, 2.75) is 41.3 Å². The van der Waals surface area contributed by atoms with Gasteiger partial charge in [-0.05, 0) is 11.3 Å². The van der Waals surface area contributed by atoms with Crippen molar-refractivity contribution in [3.8, 4) is 0 Å². The Kier molecular flexibility index (Phi) is 17.3. The van der Waals surface area contributed by atoms with E-state index >= 15 is 0 Å². The molecule has 0 aromatic heterocycles. The van der Waals surface area contributed by atoms with Crippen molar-refractivity contribution in [1.82, 2.24) is 12.3 Å². The average Bonchev–Trinajstić information content (AvgIpc) is 1.59. The van der Waals surface area contributed by atoms with Crippen molar-refractivity contribution in [2.24, 2.45) is 11.3 Å². The van der Waals surface area contributed by atoms with E-state index in [2.05, 4.69) is 34.6 Å². The Bertz CT molecular complexity index is 87.1. The minimum atomic E-state index is -3.67. The molecule has 0 aliphatic carbocycles. The Balaban J connectivity index is -0.0000000600. The highest BCUT2D eigenvalue weighted by molar-refractivity contribution is 4.64. The fourth-order valence-electron chi connectivity index (χ4n) is 0. The van der Waals surface area contributed by atoms with Gasteiger partial charge in [-0.2, -0.15) is 13.2 Å². The van der Waals surface area contributed by atoms with Crippen molar-refractivity contribution in [2.75, 3.05) is 0 Å². The van der Waals surface area contributed by atoms with Crippen LogP contribution in [-0.4, -0.2) is 6.68 Å². The maximum Gasteiger partial charge on any atom is 0.379 e. The van der Waals surface area contributed by atoms with E-state index in [1.807, 2.05) is 0 Å². The zero-order valence-electron chi connectivity index (χ0n) is 9.20. The Morgan fingerprint density at radius 2 is 0.923 bits per heavy atom. The second kappa shape index (κ2) is 9.80. The van der Waals surface area contributed by atoms with Crippen LogP contribution in [0.15, 0.2) is 0 Å². The SMILES string of the molecule is CC(C)C(C)(C)C.FC(F)F.N.N. The van der Waals surface area contributed by atoms with E-state index in [0.717, 1.165) is 5.92 Å². The Labute approximate surface area is 79.1 Å². The zero-order chi connectivity index (χ0) is 9.65. The fraction of sp³-hybridized carbons (Fsp3) is 1.00. The third-order valence-electron chi connectivity index (χ3n) is 1.73. The maximum absolute atomic E-state index is 9.67. The zero-order valence-corrected chi connectivity index (χ0v) is 9.20. The molecular formula is C8H23F3N2. The first-order valence-electron chi connectivity index (χ1n) is 3.60. The molecule has 0 saturated carbocycles. The smallest absolute Gasteiger partial charge is 0.344 e. The van der Waals surface area contributed by atoms with Crippen molar-refractivity contribution < 1.29 is 13.2 Å². The van der Waals surface area contributed by atoms with Crippen LogP contribution in [0.3, 0.4) is 0 Å². The van der Waals surface area contributed by atoms with E-state index in [1.54, 1.807) is 0 Å². The quantitative estimate of drug-likeness (QED) is 0.621. The topological polar surface area (TPSA) is 70.0 Å². The molecule has 13 heavy (non-hydrogen) atoms. The summed E-state index contributed by atoms with van der Waals surface area (Å²) in [5, 5.41) is 0. The molecule has 0 spiro atoms. The van der Waals surface area contributed by atoms with Gasteiger partial charge in [0.05, 0.1) is 0 Å². The first kappa shape index (κ1) is 23.0. The lowest BCUT2D eigenvalue weighted by Crippen LogP contribution is -2.12. The summed E-state index contributed by atoms with van der Waals surface area (Å²) in [7, 11) is 0. The molecule has 0 aliphatic rings. The predicted molar refractivity (Wildman–Crippen MR) is 51.4 cm³/mol. The van der Waals surface area contributed by atoms with Crippen LogP contribution in [0.1, 0.15) is 34.6 Å². The predicted octanol–water partition coefficient (Wildman–Crippen LogP) is 4.19. The number of alkyl halides is 3. The number of hydrogen-bond acceptors (Lipinski definition) is 2. The van der Waals surface area contributed by atoms with Crippen molar-refractivity contribution >= 4 is 0 Å². The molecule has 0 unspecified atom stereocenters. The third kappa shape index (κ3) is 33.9. The van der Waals surface area contributed by atoms with Gasteiger partial charge in [-0.15, -0.1) is 0 Å². The van der Waals surface area contributed by atoms with Gasteiger partial charge >= 0.3 is 6.68 Å². The van der Waals surface area contributed by atoms with E-state index in [4.69, 9.17) is 0 Å². The highest BCUT2D eigenvalue weighted by atomic mass is 19.4. The van der Waals surface area contributed by atoms with Gasteiger partial charge in [-0.1, -0.05) is 34.6 Å². The molecule has 0 aromatic rings. The van der Waals surface area contributed by atoms with Gasteiger partial charge in [0.25, 0.3) is 0 Å². The molecule has 2 nitrogen and oxygen atoms in total. The molecule has 0 heterocycles. The third-order valence-corrected chi connectivity index (χ3v) is 1.73. The molecule has 0 saturated heterocycles. The van der Waals surface area contributed by atoms with Crippen LogP contribution < -0.4 is 12.3 Å². The Morgan fingerprint density at radius 3 is 0.923 bits per heavy atom. The summed E-state index contributed by atoms with van der Waals surface area (Å²) in [6.45, 7) is 7.62. The van der Waals surface area contributed by atoms with E-state index < -0.39 is 6.68 Å². The highest BCUT2D eigenvalue weighted by Gasteiger charge is 2.13. The second-order valence-corrected chi connectivity index (χ2v) is 3.77. The number of hydrogen-bond donors (Lipinski definition) is 2. The molecule has 0 atom stereocenters. The number of rotatable bonds is 0. The number of halogens is 3. The molecule has 6 N–H and O–H groups in total. The first-order chi connectivity index (χ1) is 4.68. The van der Waals surface area contributed by atoms with E-state index in [1.165, 1.54) is 0 Å². The van der Waals surface area contributed by atoms with Crippen LogP contribution in [0.2, 0.25) is 0 Å². The van der Waals surface area contributed by atoms with Crippen LogP contribution >= 0.6 is 0 Å². The molecule has 86 valence electrons. The minimum Gasteiger partial charge on any atom is -0.344 e. The van der Waals surface area contributed by atoms with Crippen LogP contribution in [0.4, 0.5) is 13.2 Å². The van der Waals surface area contributed by atoms with Crippen molar-refractivity contribution in [3.63, 3.8) is 0 Å². The van der Waals surface area contributed by atoms with Crippen LogP contribution in [0, 0.1) is 11.3 Å². The summed E-state index contributed by atoms with van der Waals surface area (Å²) in [4.78, 5) is 0. The first-order valence-corrected chi connectivity index (χ1v) is 3.60. The second-order valence-electron chi connectivity index (χ2n) is 3.77. The lowest BCUT2D eigenvalue weighted by atomic mass is 9.84. The Hall–Kier alpha value is -0.290. The highest BCUT2D eigenvalue weighted by Crippen LogP contribution is 2.23. The van der Waals surface area contributed by atoms with E-state index in [9.17, 15) is 13.2 Å². The van der Waals surface area contributed by atoms with Crippen LogP contribution in [0.25, 0.3) is 0 Å². The lowest BCUT2D eigenvalue weighted by molar-refractivity contribution is 0.00819. The van der Waals surface area contributed by atoms with Gasteiger partial charge in [-0.25, -0.2) is 0 Å². The molecule has 0 amide bonds. The van der Waals surface area contributed by atoms with E-state index in [0.29, 0.717) is 5.41 Å². The minimum absolute atomic E-state index is 0. The lowest BCUT2D eigenvalue weighted by Gasteiger charge is -2.22. The molecule has 0 fully saturated rings. The van der Waals surface area contributed by atoms with Gasteiger partial charge in [0.1, 0.15) is 0 Å². The summed E-state index contributed by atoms with van der Waals surface area (Å²) in [5.74, 6) is 0.799. The summed E-state index contributed by atoms with van der Waals surface area (Å²) in [6.07, 6.45) is 0. The summed E-state index contributed by atoms with van der Waals surface area (Å²) < 4.78 is 29.0. The van der Waals surface area contributed by atoms with Crippen molar-refractivity contribution in [3.05, 3.63) is 0 Å². The molecular weight excluding hydrogens is 181 g/mol. The fourth-order valence-corrected chi connectivity index (χ4v) is 0. The van der Waals surface area contributed by atoms with Gasteiger partial charge in [0.15, 0.2) is 0 Å². The average molecular weight is 204 g/mol. The molecule has 0 bridgehead atoms. The normalized spacial score (nSPS) is 9.69. The summed E-state index contributed by atoms with van der Waals surface area (Å²) >= 11 is 0. The maximum atomic E-state index is 9.67. The molecule has 0 rings (SSSR count). The summed E-state index contributed by atoms with van der Waals surface area (Å²) in [5.41, 5.74) is 0.500. The molecule has 0 radical (unpaired) electrons. The molecule has 0 aromatic carbocycles.